The fourth-order valence-corrected chi connectivity index (χ4v) is 3.70. The number of rotatable bonds is 3. The molecule has 1 aromatic carbocycles. The van der Waals surface area contributed by atoms with E-state index in [-0.39, 0.29) is 0 Å². The van der Waals surface area contributed by atoms with Crippen molar-refractivity contribution in [3.63, 3.8) is 0 Å². The Hall–Kier alpha value is -4.05. The molecule has 0 aliphatic heterocycles. The smallest absolute Gasteiger partial charge is 0.277 e. The van der Waals surface area contributed by atoms with Gasteiger partial charge in [-0.05, 0) is 30.3 Å². The maximum Gasteiger partial charge on any atom is 0.433 e. The van der Waals surface area contributed by atoms with E-state index in [0.717, 1.165) is 12.1 Å². The molecule has 0 unspecified atom stereocenters. The van der Waals surface area contributed by atoms with Crippen molar-refractivity contribution >= 4 is 26.7 Å². The van der Waals surface area contributed by atoms with Crippen molar-refractivity contribution in [2.75, 3.05) is 4.72 Å². The quantitative estimate of drug-likeness (QED) is 0.344. The SMILES string of the molecule is O=S(=O)(Nc1ccc(F)c(C#Cc2cnc3[nH]ncc3c2)c1F)c1ccc(C(F)(F)F)nc1. The van der Waals surface area contributed by atoms with E-state index < -0.39 is 49.7 Å². The summed E-state index contributed by atoms with van der Waals surface area (Å²) in [7, 11) is -4.52. The Balaban J connectivity index is 1.64. The Morgan fingerprint density at radius 1 is 0.970 bits per heavy atom. The predicted molar refractivity (Wildman–Crippen MR) is 106 cm³/mol. The van der Waals surface area contributed by atoms with E-state index >= 15 is 0 Å². The summed E-state index contributed by atoms with van der Waals surface area (Å²) in [5, 5.41) is 7.05. The second kappa shape index (κ2) is 8.14. The van der Waals surface area contributed by atoms with Crippen LogP contribution in [0.1, 0.15) is 16.8 Å². The number of hydrogen-bond donors (Lipinski definition) is 2. The van der Waals surface area contributed by atoms with E-state index in [0.29, 0.717) is 34.9 Å². The summed E-state index contributed by atoms with van der Waals surface area (Å²) in [6, 6.07) is 4.34. The number of sulfonamides is 1. The van der Waals surface area contributed by atoms with Gasteiger partial charge in [-0.1, -0.05) is 11.8 Å². The number of fused-ring (bicyclic) bond motifs is 1. The highest BCUT2D eigenvalue weighted by atomic mass is 32.2. The van der Waals surface area contributed by atoms with Crippen molar-refractivity contribution in [3.8, 4) is 11.8 Å². The third-order valence-corrected chi connectivity index (χ3v) is 5.65. The number of halogens is 5. The highest BCUT2D eigenvalue weighted by molar-refractivity contribution is 7.92. The molecule has 2 N–H and O–H groups in total. The average Bonchev–Trinajstić information content (AvgIpc) is 3.23. The zero-order valence-electron chi connectivity index (χ0n) is 16.1. The highest BCUT2D eigenvalue weighted by Crippen LogP contribution is 2.28. The molecule has 4 rings (SSSR count). The number of H-pyrrole nitrogens is 1. The summed E-state index contributed by atoms with van der Waals surface area (Å²) in [6.07, 6.45) is -1.44. The number of aromatic amines is 1. The molecule has 0 spiro atoms. The highest BCUT2D eigenvalue weighted by Gasteiger charge is 2.32. The lowest BCUT2D eigenvalue weighted by molar-refractivity contribution is -0.141. The van der Waals surface area contributed by atoms with E-state index in [1.54, 1.807) is 6.07 Å². The van der Waals surface area contributed by atoms with Crippen molar-refractivity contribution in [1.82, 2.24) is 20.2 Å². The third kappa shape index (κ3) is 4.60. The first kappa shape index (κ1) is 22.2. The van der Waals surface area contributed by atoms with Crippen LogP contribution in [0.2, 0.25) is 0 Å². The van der Waals surface area contributed by atoms with Crippen LogP contribution >= 0.6 is 0 Å². The molecule has 13 heteroatoms. The molecule has 3 heterocycles. The predicted octanol–water partition coefficient (Wildman–Crippen LogP) is 3.85. The van der Waals surface area contributed by atoms with Crippen molar-refractivity contribution < 1.29 is 30.4 Å². The summed E-state index contributed by atoms with van der Waals surface area (Å²) in [6.45, 7) is 0. The van der Waals surface area contributed by atoms with Crippen LogP contribution in [-0.4, -0.2) is 28.6 Å². The Morgan fingerprint density at radius 2 is 1.76 bits per heavy atom. The van der Waals surface area contributed by atoms with Gasteiger partial charge in [-0.2, -0.15) is 18.3 Å². The maximum absolute atomic E-state index is 14.8. The topological polar surface area (TPSA) is 101 Å². The average molecular weight is 479 g/mol. The van der Waals surface area contributed by atoms with E-state index in [4.69, 9.17) is 0 Å². The number of benzene rings is 1. The van der Waals surface area contributed by atoms with Crippen LogP contribution in [0.3, 0.4) is 0 Å². The molecule has 0 saturated carbocycles. The molecule has 0 radical (unpaired) electrons. The summed E-state index contributed by atoms with van der Waals surface area (Å²) in [5.74, 6) is 2.49. The zero-order chi connectivity index (χ0) is 23.8. The molecule has 0 aliphatic carbocycles. The van der Waals surface area contributed by atoms with Gasteiger partial charge in [-0.15, -0.1) is 0 Å². The van der Waals surface area contributed by atoms with Crippen LogP contribution < -0.4 is 4.72 Å². The molecule has 0 amide bonds. The summed E-state index contributed by atoms with van der Waals surface area (Å²) < 4.78 is 93.6. The second-order valence-electron chi connectivity index (χ2n) is 6.55. The van der Waals surface area contributed by atoms with Gasteiger partial charge in [0.2, 0.25) is 0 Å². The number of hydrogen-bond acceptors (Lipinski definition) is 5. The lowest BCUT2D eigenvalue weighted by Crippen LogP contribution is -2.16. The lowest BCUT2D eigenvalue weighted by Gasteiger charge is -2.11. The zero-order valence-corrected chi connectivity index (χ0v) is 16.9. The van der Waals surface area contributed by atoms with Crippen LogP contribution in [0, 0.1) is 23.5 Å². The van der Waals surface area contributed by atoms with Gasteiger partial charge in [0.1, 0.15) is 16.4 Å². The molecule has 0 aliphatic rings. The second-order valence-corrected chi connectivity index (χ2v) is 8.23. The number of aromatic nitrogens is 4. The Morgan fingerprint density at radius 3 is 2.45 bits per heavy atom. The van der Waals surface area contributed by atoms with Gasteiger partial charge in [0.05, 0.1) is 17.4 Å². The molecular formula is C20H10F5N5O2S. The van der Waals surface area contributed by atoms with Crippen LogP contribution in [0.5, 0.6) is 0 Å². The number of pyridine rings is 2. The van der Waals surface area contributed by atoms with E-state index in [1.165, 1.54) is 12.4 Å². The largest absolute Gasteiger partial charge is 0.433 e. The van der Waals surface area contributed by atoms with Crippen molar-refractivity contribution in [3.05, 3.63) is 77.4 Å². The van der Waals surface area contributed by atoms with Gasteiger partial charge < -0.3 is 0 Å². The van der Waals surface area contributed by atoms with Crippen LogP contribution in [0.4, 0.5) is 27.6 Å². The fraction of sp³-hybridized carbons (Fsp3) is 0.0500. The molecule has 4 aromatic rings. The van der Waals surface area contributed by atoms with E-state index in [9.17, 15) is 30.4 Å². The molecule has 0 saturated heterocycles. The Bertz CT molecular complexity index is 1520. The van der Waals surface area contributed by atoms with Crippen molar-refractivity contribution in [2.45, 2.75) is 11.1 Å². The normalized spacial score (nSPS) is 11.8. The summed E-state index contributed by atoms with van der Waals surface area (Å²) >= 11 is 0. The van der Waals surface area contributed by atoms with Crippen molar-refractivity contribution in [2.24, 2.45) is 0 Å². The molecule has 0 bridgehead atoms. The Labute approximate surface area is 182 Å². The summed E-state index contributed by atoms with van der Waals surface area (Å²) in [5.41, 5.74) is -1.84. The number of nitrogens with one attached hydrogen (secondary N) is 2. The molecule has 33 heavy (non-hydrogen) atoms. The van der Waals surface area contributed by atoms with Gasteiger partial charge in [-0.3, -0.25) is 14.8 Å². The van der Waals surface area contributed by atoms with Crippen LogP contribution in [0.15, 0.2) is 53.8 Å². The molecule has 3 aromatic heterocycles. The minimum absolute atomic E-state index is 0.324. The summed E-state index contributed by atoms with van der Waals surface area (Å²) in [4.78, 5) is 6.46. The van der Waals surface area contributed by atoms with Gasteiger partial charge >= 0.3 is 6.18 Å². The molecule has 168 valence electrons. The van der Waals surface area contributed by atoms with Gasteiger partial charge in [0.15, 0.2) is 11.5 Å². The van der Waals surface area contributed by atoms with Crippen molar-refractivity contribution in [1.29, 1.82) is 0 Å². The minimum atomic E-state index is -4.76. The van der Waals surface area contributed by atoms with Gasteiger partial charge in [-0.25, -0.2) is 22.2 Å². The fourth-order valence-electron chi connectivity index (χ4n) is 2.70. The Kier molecular flexibility index (Phi) is 5.46. The number of nitrogens with zero attached hydrogens (tertiary/aromatic N) is 3. The minimum Gasteiger partial charge on any atom is -0.277 e. The first-order chi connectivity index (χ1) is 15.5. The maximum atomic E-state index is 14.8. The number of alkyl halides is 3. The molecule has 7 nitrogen and oxygen atoms in total. The first-order valence-corrected chi connectivity index (χ1v) is 10.4. The van der Waals surface area contributed by atoms with Gasteiger partial charge in [0, 0.05) is 23.3 Å². The standard InChI is InChI=1S/C20H10F5N5O2S/c21-15-4-5-16(30-33(31,32)13-2-6-17(26-10-13)20(23,24)25)18(22)14(15)3-1-11-7-12-9-28-29-19(12)27-8-11/h2,4-10,30H,(H,27,28,29). The van der Waals surface area contributed by atoms with Gasteiger partial charge in [0.25, 0.3) is 10.0 Å². The molecule has 0 atom stereocenters. The molecular weight excluding hydrogens is 469 g/mol. The third-order valence-electron chi connectivity index (χ3n) is 4.30. The van der Waals surface area contributed by atoms with Crippen LogP contribution in [-0.2, 0) is 16.2 Å². The first-order valence-electron chi connectivity index (χ1n) is 8.90. The van der Waals surface area contributed by atoms with E-state index in [1.807, 2.05) is 4.72 Å². The van der Waals surface area contributed by atoms with Crippen LogP contribution in [0.25, 0.3) is 11.0 Å². The lowest BCUT2D eigenvalue weighted by atomic mass is 10.1. The molecule has 0 fully saturated rings. The monoisotopic (exact) mass is 479 g/mol. The number of anilines is 1. The van der Waals surface area contributed by atoms with E-state index in [2.05, 4.69) is 32.0 Å².